The molecule has 4 rings (SSSR count). The molecule has 0 aromatic heterocycles. The molecule has 0 aliphatic carbocycles. The van der Waals surface area contributed by atoms with Gasteiger partial charge in [-0.1, -0.05) is 12.1 Å². The zero-order chi connectivity index (χ0) is 19.9. The van der Waals surface area contributed by atoms with Crippen molar-refractivity contribution in [2.45, 2.75) is 24.5 Å². The van der Waals surface area contributed by atoms with Crippen LogP contribution in [0, 0.1) is 11.7 Å². The van der Waals surface area contributed by atoms with Crippen LogP contribution in [0.4, 0.5) is 4.39 Å². The molecule has 1 saturated heterocycles. The summed E-state index contributed by atoms with van der Waals surface area (Å²) in [7, 11) is 0. The predicted molar refractivity (Wildman–Crippen MR) is 92.8 cm³/mol. The maximum absolute atomic E-state index is 13.2. The van der Waals surface area contributed by atoms with Crippen LogP contribution in [0.3, 0.4) is 0 Å². The fourth-order valence-corrected chi connectivity index (χ4v) is 3.63. The second kappa shape index (κ2) is 6.87. The summed E-state index contributed by atoms with van der Waals surface area (Å²) in [5.41, 5.74) is 0.778. The largest absolute Gasteiger partial charge is 0.505 e. The lowest BCUT2D eigenvalue weighted by Gasteiger charge is -2.39. The van der Waals surface area contributed by atoms with Crippen LogP contribution < -0.4 is 19.5 Å². The average Bonchev–Trinajstić information content (AvgIpc) is 2.95. The highest BCUT2D eigenvalue weighted by molar-refractivity contribution is 5.47. The summed E-state index contributed by atoms with van der Waals surface area (Å²) in [6, 6.07) is 9.90. The van der Waals surface area contributed by atoms with E-state index >= 15 is 0 Å². The zero-order valence-electron chi connectivity index (χ0n) is 14.7. The van der Waals surface area contributed by atoms with Gasteiger partial charge >= 0.3 is 12.1 Å². The Morgan fingerprint density at radius 2 is 1.79 bits per heavy atom. The lowest BCUT2D eigenvalue weighted by molar-refractivity contribution is -0.385. The Morgan fingerprint density at radius 1 is 1.07 bits per heavy atom. The first-order valence-corrected chi connectivity index (χ1v) is 8.80. The molecule has 1 fully saturated rings. The maximum atomic E-state index is 13.2. The molecule has 0 spiro atoms. The molecule has 5 N–H and O–H groups in total. The van der Waals surface area contributed by atoms with Gasteiger partial charge in [-0.3, -0.25) is 10.2 Å². The number of rotatable bonds is 4. The van der Waals surface area contributed by atoms with Crippen molar-refractivity contribution in [3.8, 4) is 17.2 Å². The van der Waals surface area contributed by atoms with E-state index in [4.69, 9.17) is 14.2 Å². The van der Waals surface area contributed by atoms with Gasteiger partial charge in [0, 0.05) is 12.6 Å². The fourth-order valence-electron chi connectivity index (χ4n) is 3.63. The van der Waals surface area contributed by atoms with Crippen LogP contribution in [0.25, 0.3) is 0 Å². The minimum Gasteiger partial charge on any atom is -0.439 e. The molecular formula is C19H20FNO7. The van der Waals surface area contributed by atoms with E-state index in [0.717, 1.165) is 5.56 Å². The number of hydrogen-bond donors (Lipinski definition) is 5. The molecule has 0 saturated carbocycles. The molecule has 2 atom stereocenters. The third kappa shape index (κ3) is 3.75. The maximum Gasteiger partial charge on any atom is 0.505 e. The van der Waals surface area contributed by atoms with Gasteiger partial charge in [-0.2, -0.15) is 0 Å². The van der Waals surface area contributed by atoms with E-state index in [1.54, 1.807) is 12.1 Å². The Kier molecular flexibility index (Phi) is 4.64. The quantitative estimate of drug-likeness (QED) is 0.479. The second-order valence-corrected chi connectivity index (χ2v) is 6.88. The molecule has 0 bridgehead atoms. The summed E-state index contributed by atoms with van der Waals surface area (Å²) in [4.78, 5) is 0. The van der Waals surface area contributed by atoms with Crippen molar-refractivity contribution in [1.82, 2.24) is 5.32 Å². The lowest BCUT2D eigenvalue weighted by atomic mass is 9.79. The second-order valence-electron chi connectivity index (χ2n) is 6.88. The molecule has 2 heterocycles. The van der Waals surface area contributed by atoms with Gasteiger partial charge in [-0.15, -0.1) is 0 Å². The highest BCUT2D eigenvalue weighted by atomic mass is 19.1. The number of fused-ring (bicyclic) bond motifs is 1. The van der Waals surface area contributed by atoms with Gasteiger partial charge in [0.05, 0.1) is 5.92 Å². The summed E-state index contributed by atoms with van der Waals surface area (Å²) in [5.74, 6) is -3.84. The third-order valence-corrected chi connectivity index (χ3v) is 4.93. The number of benzene rings is 2. The normalized spacial score (nSPS) is 23.5. The van der Waals surface area contributed by atoms with E-state index in [0.29, 0.717) is 13.0 Å². The van der Waals surface area contributed by atoms with Crippen molar-refractivity contribution in [2.75, 3.05) is 13.1 Å². The first-order chi connectivity index (χ1) is 13.2. The van der Waals surface area contributed by atoms with Crippen LogP contribution in [-0.2, 0) is 0 Å². The molecule has 2 aliphatic heterocycles. The van der Waals surface area contributed by atoms with E-state index in [2.05, 4.69) is 5.32 Å². The highest BCUT2D eigenvalue weighted by Gasteiger charge is 2.45. The van der Waals surface area contributed by atoms with E-state index < -0.39 is 18.1 Å². The topological polar surface area (TPSA) is 121 Å². The van der Waals surface area contributed by atoms with Crippen molar-refractivity contribution in [2.24, 2.45) is 5.92 Å². The molecule has 0 unspecified atom stereocenters. The van der Waals surface area contributed by atoms with Gasteiger partial charge in [-0.05, 0) is 48.7 Å². The van der Waals surface area contributed by atoms with Gasteiger partial charge in [-0.25, -0.2) is 4.39 Å². The van der Waals surface area contributed by atoms with Crippen molar-refractivity contribution < 1.29 is 39.0 Å². The van der Waals surface area contributed by atoms with Crippen LogP contribution in [0.15, 0.2) is 42.5 Å². The molecule has 0 amide bonds. The number of nitrogens with one attached hydrogen (secondary N) is 1. The Balaban J connectivity index is 1.56. The summed E-state index contributed by atoms with van der Waals surface area (Å²) in [6.07, 6.45) is -2.17. The monoisotopic (exact) mass is 393 g/mol. The minimum atomic E-state index is -2.78. The molecule has 28 heavy (non-hydrogen) atoms. The van der Waals surface area contributed by atoms with Crippen LogP contribution in [0.5, 0.6) is 17.2 Å². The molecule has 8 nitrogen and oxygen atoms in total. The third-order valence-electron chi connectivity index (χ3n) is 4.93. The number of ether oxygens (including phenoxy) is 3. The number of aliphatic hydroxyl groups is 4. The molecule has 0 radical (unpaired) electrons. The van der Waals surface area contributed by atoms with E-state index in [-0.39, 0.29) is 35.5 Å². The van der Waals surface area contributed by atoms with Gasteiger partial charge in [0.1, 0.15) is 11.6 Å². The highest BCUT2D eigenvalue weighted by Crippen LogP contribution is 2.42. The molecule has 2 aromatic rings. The molecule has 9 heteroatoms. The Bertz CT molecular complexity index is 856. The van der Waals surface area contributed by atoms with Crippen LogP contribution in [-0.4, -0.2) is 45.6 Å². The number of hydrogen-bond acceptors (Lipinski definition) is 8. The van der Waals surface area contributed by atoms with E-state index in [9.17, 15) is 24.8 Å². The summed E-state index contributed by atoms with van der Waals surface area (Å²) in [5, 5.41) is 43.2. The van der Waals surface area contributed by atoms with Crippen molar-refractivity contribution in [1.29, 1.82) is 0 Å². The van der Waals surface area contributed by atoms with Crippen molar-refractivity contribution in [3.05, 3.63) is 53.8 Å². The summed E-state index contributed by atoms with van der Waals surface area (Å²) in [6.45, 7) is 0.948. The van der Waals surface area contributed by atoms with Gasteiger partial charge < -0.3 is 29.7 Å². The van der Waals surface area contributed by atoms with Gasteiger partial charge in [0.25, 0.3) is 0 Å². The van der Waals surface area contributed by atoms with Crippen molar-refractivity contribution in [3.63, 3.8) is 0 Å². The summed E-state index contributed by atoms with van der Waals surface area (Å²) < 4.78 is 28.2. The zero-order valence-corrected chi connectivity index (χ0v) is 14.7. The Hall–Kier alpha value is -2.43. The van der Waals surface area contributed by atoms with E-state index in [1.165, 1.54) is 30.3 Å². The number of piperidine rings is 1. The fraction of sp³-hybridized carbons (Fsp3) is 0.368. The summed E-state index contributed by atoms with van der Waals surface area (Å²) >= 11 is 0. The van der Waals surface area contributed by atoms with Gasteiger partial charge in [0.2, 0.25) is 0 Å². The minimum absolute atomic E-state index is 0.0184. The lowest BCUT2D eigenvalue weighted by Crippen LogP contribution is -2.53. The molecule has 2 aromatic carbocycles. The van der Waals surface area contributed by atoms with Crippen LogP contribution >= 0.6 is 0 Å². The first-order valence-electron chi connectivity index (χ1n) is 8.80. The first kappa shape index (κ1) is 18.9. The van der Waals surface area contributed by atoms with E-state index in [1.807, 2.05) is 0 Å². The standard InChI is InChI=1S/C19H20FNO7/c20-12-3-1-11(2-4-12)14-7-8-21-10-15(14)18(22,23)26-13-5-6-16-17(9-13)28-19(24,25)27-16/h1-6,9,14-15,21-25H,7-8,10H2/t14-,15+/m0/s1. The predicted octanol–water partition coefficient (Wildman–Crippen LogP) is 0.603. The SMILES string of the molecule is OC1(O)Oc2ccc(OC(O)(O)[C@@H]3CNCC[C@H]3c3ccc(F)cc3)cc2O1. The van der Waals surface area contributed by atoms with Crippen LogP contribution in [0.1, 0.15) is 17.9 Å². The molecular weight excluding hydrogens is 373 g/mol. The molecule has 2 aliphatic rings. The van der Waals surface area contributed by atoms with Crippen LogP contribution in [0.2, 0.25) is 0 Å². The average molecular weight is 393 g/mol. The van der Waals surface area contributed by atoms with Crippen molar-refractivity contribution >= 4 is 0 Å². The Labute approximate surface area is 159 Å². The van der Waals surface area contributed by atoms with Gasteiger partial charge in [0.15, 0.2) is 11.5 Å². The molecule has 150 valence electrons. The number of halogens is 1. The smallest absolute Gasteiger partial charge is 0.439 e. The Morgan fingerprint density at radius 3 is 2.54 bits per heavy atom.